The maximum absolute atomic E-state index is 12.7. The monoisotopic (exact) mass is 470 g/mol. The molecule has 1 atom stereocenters. The molecular formula is C24H21F3N4O3. The van der Waals surface area contributed by atoms with E-state index >= 15 is 0 Å². The fourth-order valence-electron chi connectivity index (χ4n) is 4.35. The van der Waals surface area contributed by atoms with E-state index in [1.165, 1.54) is 12.1 Å². The number of alkyl halides is 3. The molecule has 0 spiro atoms. The third-order valence-electron chi connectivity index (χ3n) is 5.81. The van der Waals surface area contributed by atoms with Gasteiger partial charge in [0.05, 0.1) is 18.9 Å². The van der Waals surface area contributed by atoms with Crippen LogP contribution in [0.1, 0.15) is 36.0 Å². The number of aromatic nitrogens is 4. The number of oxazole rings is 1. The number of hydrogen-bond donors (Lipinski definition) is 0. The number of aryl methyl sites for hydroxylation is 1. The maximum atomic E-state index is 12.7. The van der Waals surface area contributed by atoms with Crippen LogP contribution in [0.15, 0.2) is 53.1 Å². The number of ether oxygens (including phenoxy) is 2. The molecule has 0 bridgehead atoms. The van der Waals surface area contributed by atoms with Crippen LogP contribution < -0.4 is 9.47 Å². The average Bonchev–Trinajstić information content (AvgIpc) is 3.44. The second kappa shape index (κ2) is 8.51. The molecule has 5 rings (SSSR count). The van der Waals surface area contributed by atoms with E-state index in [0.29, 0.717) is 41.2 Å². The molecule has 0 saturated heterocycles. The predicted molar refractivity (Wildman–Crippen MR) is 116 cm³/mol. The number of benzene rings is 2. The molecule has 0 N–H and O–H groups in total. The van der Waals surface area contributed by atoms with E-state index < -0.39 is 6.36 Å². The average molecular weight is 470 g/mol. The zero-order chi connectivity index (χ0) is 23.9. The van der Waals surface area contributed by atoms with Gasteiger partial charge in [0.15, 0.2) is 17.5 Å². The van der Waals surface area contributed by atoms with Gasteiger partial charge in [-0.15, -0.1) is 23.4 Å². The van der Waals surface area contributed by atoms with Crippen LogP contribution in [0.2, 0.25) is 0 Å². The van der Waals surface area contributed by atoms with Crippen molar-refractivity contribution in [1.29, 1.82) is 0 Å². The summed E-state index contributed by atoms with van der Waals surface area (Å²) in [6, 6.07) is 11.7. The van der Waals surface area contributed by atoms with Gasteiger partial charge in [0.2, 0.25) is 0 Å². The first-order valence-electron chi connectivity index (χ1n) is 10.7. The van der Waals surface area contributed by atoms with E-state index in [4.69, 9.17) is 9.15 Å². The molecule has 0 fully saturated rings. The van der Waals surface area contributed by atoms with E-state index in [1.54, 1.807) is 32.4 Å². The van der Waals surface area contributed by atoms with Crippen LogP contribution in [0.25, 0.3) is 22.7 Å². The molecule has 0 saturated carbocycles. The molecule has 1 aliphatic rings. The Balaban J connectivity index is 1.49. The highest BCUT2D eigenvalue weighted by Crippen LogP contribution is 2.38. The van der Waals surface area contributed by atoms with E-state index in [0.717, 1.165) is 24.0 Å². The minimum absolute atomic E-state index is 0.190. The van der Waals surface area contributed by atoms with Gasteiger partial charge < -0.3 is 18.5 Å². The topological polar surface area (TPSA) is 75.2 Å². The number of rotatable bonds is 5. The van der Waals surface area contributed by atoms with Crippen molar-refractivity contribution in [1.82, 2.24) is 19.7 Å². The summed E-state index contributed by atoms with van der Waals surface area (Å²) in [4.78, 5) is 4.14. The first kappa shape index (κ1) is 22.0. The first-order chi connectivity index (χ1) is 16.3. The lowest BCUT2D eigenvalue weighted by atomic mass is 9.91. The molecule has 10 heteroatoms. The summed E-state index contributed by atoms with van der Waals surface area (Å²) in [5.41, 5.74) is 2.28. The Bertz CT molecular complexity index is 1330. The molecule has 34 heavy (non-hydrogen) atoms. The molecule has 2 aromatic heterocycles. The number of nitrogens with zero attached hydrogens (tertiary/aromatic N) is 4. The highest BCUT2D eigenvalue weighted by Gasteiger charge is 2.32. The zero-order valence-electron chi connectivity index (χ0n) is 18.5. The van der Waals surface area contributed by atoms with Gasteiger partial charge in [-0.05, 0) is 42.7 Å². The van der Waals surface area contributed by atoms with Crippen molar-refractivity contribution in [3.05, 3.63) is 65.9 Å². The van der Waals surface area contributed by atoms with Gasteiger partial charge in [-0.1, -0.05) is 18.2 Å². The lowest BCUT2D eigenvalue weighted by Crippen LogP contribution is -2.19. The van der Waals surface area contributed by atoms with Crippen molar-refractivity contribution in [3.63, 3.8) is 0 Å². The number of methoxy groups -OCH3 is 1. The van der Waals surface area contributed by atoms with Gasteiger partial charge in [0.25, 0.3) is 0 Å². The van der Waals surface area contributed by atoms with Crippen LogP contribution in [0.3, 0.4) is 0 Å². The molecule has 7 nitrogen and oxygen atoms in total. The first-order valence-corrected chi connectivity index (χ1v) is 10.7. The van der Waals surface area contributed by atoms with E-state index in [-0.39, 0.29) is 11.7 Å². The fourth-order valence-corrected chi connectivity index (χ4v) is 4.35. The van der Waals surface area contributed by atoms with Crippen LogP contribution in [0.4, 0.5) is 13.2 Å². The van der Waals surface area contributed by atoms with Crippen LogP contribution in [0, 0.1) is 6.92 Å². The molecule has 0 radical (unpaired) electrons. The van der Waals surface area contributed by atoms with Crippen molar-refractivity contribution >= 4 is 0 Å². The Kier molecular flexibility index (Phi) is 5.51. The second-order valence-electron chi connectivity index (χ2n) is 8.01. The third kappa shape index (κ3) is 4.23. The van der Waals surface area contributed by atoms with Crippen LogP contribution in [-0.4, -0.2) is 33.2 Å². The normalized spacial score (nSPS) is 15.7. The predicted octanol–water partition coefficient (Wildman–Crippen LogP) is 5.74. The van der Waals surface area contributed by atoms with Gasteiger partial charge in [0, 0.05) is 24.9 Å². The van der Waals surface area contributed by atoms with E-state index in [1.807, 2.05) is 22.8 Å². The van der Waals surface area contributed by atoms with Gasteiger partial charge in [-0.3, -0.25) is 0 Å². The van der Waals surface area contributed by atoms with Crippen molar-refractivity contribution in [2.75, 3.05) is 7.11 Å². The van der Waals surface area contributed by atoms with Crippen LogP contribution in [0.5, 0.6) is 11.5 Å². The Morgan fingerprint density at radius 3 is 2.71 bits per heavy atom. The third-order valence-corrected chi connectivity index (χ3v) is 5.81. The molecule has 0 aliphatic carbocycles. The van der Waals surface area contributed by atoms with Gasteiger partial charge in [-0.25, -0.2) is 4.98 Å². The number of halogens is 3. The van der Waals surface area contributed by atoms with Gasteiger partial charge in [-0.2, -0.15) is 0 Å². The lowest BCUT2D eigenvalue weighted by Gasteiger charge is -2.24. The second-order valence-corrected chi connectivity index (χ2v) is 8.01. The Labute approximate surface area is 193 Å². The smallest absolute Gasteiger partial charge is 0.496 e. The fraction of sp³-hybridized carbons (Fsp3) is 0.292. The summed E-state index contributed by atoms with van der Waals surface area (Å²) in [5.74, 6) is 2.71. The standard InChI is InChI=1S/C24H21F3N4O3/c1-14-28-13-21(33-14)19-9-8-16(12-20(19)32-2)22-29-30-23-18(7-4-10-31(22)23)15-5-3-6-17(11-15)34-24(25,26)27/h3,5-6,8-9,11-13,18H,4,7,10H2,1-2H3. The molecular weight excluding hydrogens is 449 g/mol. The minimum Gasteiger partial charge on any atom is -0.496 e. The minimum atomic E-state index is -4.74. The van der Waals surface area contributed by atoms with E-state index in [2.05, 4.69) is 19.9 Å². The molecule has 176 valence electrons. The van der Waals surface area contributed by atoms with Crippen molar-refractivity contribution < 1.29 is 27.1 Å². The SMILES string of the molecule is COc1cc(-c2nnc3n2CCCC3c2cccc(OC(F)(F)F)c2)ccc1-c1cnc(C)o1. The molecule has 3 heterocycles. The van der Waals surface area contributed by atoms with Crippen LogP contribution in [-0.2, 0) is 6.54 Å². The highest BCUT2D eigenvalue weighted by molar-refractivity contribution is 5.71. The van der Waals surface area contributed by atoms with Crippen molar-refractivity contribution in [2.45, 2.75) is 38.6 Å². The molecule has 2 aromatic carbocycles. The zero-order valence-corrected chi connectivity index (χ0v) is 18.5. The number of fused-ring (bicyclic) bond motifs is 1. The Morgan fingerprint density at radius 1 is 1.12 bits per heavy atom. The Morgan fingerprint density at radius 2 is 1.97 bits per heavy atom. The van der Waals surface area contributed by atoms with Crippen LogP contribution >= 0.6 is 0 Å². The van der Waals surface area contributed by atoms with Gasteiger partial charge in [0.1, 0.15) is 17.3 Å². The summed E-state index contributed by atoms with van der Waals surface area (Å²) >= 11 is 0. The molecule has 0 amide bonds. The van der Waals surface area contributed by atoms with E-state index in [9.17, 15) is 13.2 Å². The van der Waals surface area contributed by atoms with Gasteiger partial charge >= 0.3 is 6.36 Å². The maximum Gasteiger partial charge on any atom is 0.573 e. The Hall–Kier alpha value is -3.82. The summed E-state index contributed by atoms with van der Waals surface area (Å²) in [6.07, 6.45) is -1.51. The quantitative estimate of drug-likeness (QED) is 0.370. The van der Waals surface area contributed by atoms with Crippen molar-refractivity contribution in [3.8, 4) is 34.2 Å². The number of hydrogen-bond acceptors (Lipinski definition) is 6. The summed E-state index contributed by atoms with van der Waals surface area (Å²) < 4.78 is 55.4. The molecule has 1 aliphatic heterocycles. The molecule has 4 aromatic rings. The summed E-state index contributed by atoms with van der Waals surface area (Å²) in [5, 5.41) is 8.83. The lowest BCUT2D eigenvalue weighted by molar-refractivity contribution is -0.274. The summed E-state index contributed by atoms with van der Waals surface area (Å²) in [7, 11) is 1.58. The molecule has 1 unspecified atom stereocenters. The summed E-state index contributed by atoms with van der Waals surface area (Å²) in [6.45, 7) is 2.48. The van der Waals surface area contributed by atoms with Crippen molar-refractivity contribution in [2.24, 2.45) is 0 Å². The highest BCUT2D eigenvalue weighted by atomic mass is 19.4. The largest absolute Gasteiger partial charge is 0.573 e.